The molecule has 0 saturated heterocycles. The van der Waals surface area contributed by atoms with Gasteiger partial charge in [0.25, 0.3) is 5.91 Å². The van der Waals surface area contributed by atoms with Gasteiger partial charge in [-0.1, -0.05) is 48.0 Å². The maximum absolute atomic E-state index is 12.8. The molecule has 0 aliphatic rings. The maximum atomic E-state index is 12.8. The van der Waals surface area contributed by atoms with E-state index in [-0.39, 0.29) is 11.7 Å². The number of ketones is 1. The standard InChI is InChI=1S/C22H23N3O2/c1-16-8-10-18(11-9-16)21(26)19-6-3-4-7-20(19)22(27)23-13-5-14-25-15-12-17(2)24-25/h3-4,6-12,15H,5,13-14H2,1-2H3,(H,23,27). The van der Waals surface area contributed by atoms with Gasteiger partial charge in [-0.15, -0.1) is 0 Å². The van der Waals surface area contributed by atoms with E-state index in [1.807, 2.05) is 42.9 Å². The van der Waals surface area contributed by atoms with Gasteiger partial charge in [0, 0.05) is 30.4 Å². The van der Waals surface area contributed by atoms with Crippen LogP contribution in [-0.2, 0) is 6.54 Å². The van der Waals surface area contributed by atoms with Crippen molar-refractivity contribution in [3.63, 3.8) is 0 Å². The van der Waals surface area contributed by atoms with Gasteiger partial charge in [0.05, 0.1) is 11.3 Å². The van der Waals surface area contributed by atoms with E-state index in [2.05, 4.69) is 10.4 Å². The van der Waals surface area contributed by atoms with Gasteiger partial charge in [-0.05, 0) is 32.4 Å². The summed E-state index contributed by atoms with van der Waals surface area (Å²) in [6.45, 7) is 5.17. The molecule has 0 atom stereocenters. The van der Waals surface area contributed by atoms with Crippen LogP contribution in [0.5, 0.6) is 0 Å². The molecule has 2 aromatic carbocycles. The molecule has 0 radical (unpaired) electrons. The van der Waals surface area contributed by atoms with Gasteiger partial charge in [-0.25, -0.2) is 0 Å². The lowest BCUT2D eigenvalue weighted by Crippen LogP contribution is -2.27. The first-order valence-electron chi connectivity index (χ1n) is 9.03. The Morgan fingerprint density at radius 3 is 2.33 bits per heavy atom. The molecule has 0 bridgehead atoms. The number of hydrogen-bond donors (Lipinski definition) is 1. The van der Waals surface area contributed by atoms with Gasteiger partial charge in [-0.3, -0.25) is 14.3 Å². The van der Waals surface area contributed by atoms with Crippen LogP contribution in [0.25, 0.3) is 0 Å². The van der Waals surface area contributed by atoms with Crippen LogP contribution in [0.4, 0.5) is 0 Å². The number of aromatic nitrogens is 2. The molecule has 3 aromatic rings. The molecular formula is C22H23N3O2. The van der Waals surface area contributed by atoms with Crippen LogP contribution in [0, 0.1) is 13.8 Å². The van der Waals surface area contributed by atoms with E-state index >= 15 is 0 Å². The molecule has 27 heavy (non-hydrogen) atoms. The monoisotopic (exact) mass is 361 g/mol. The molecule has 1 amide bonds. The van der Waals surface area contributed by atoms with Crippen molar-refractivity contribution < 1.29 is 9.59 Å². The third-order valence-corrected chi connectivity index (χ3v) is 4.35. The topological polar surface area (TPSA) is 64.0 Å². The minimum Gasteiger partial charge on any atom is -0.352 e. The Balaban J connectivity index is 1.64. The summed E-state index contributed by atoms with van der Waals surface area (Å²) in [4.78, 5) is 25.4. The van der Waals surface area contributed by atoms with Gasteiger partial charge in [-0.2, -0.15) is 5.10 Å². The van der Waals surface area contributed by atoms with Crippen LogP contribution in [0.15, 0.2) is 60.8 Å². The van der Waals surface area contributed by atoms with Crippen molar-refractivity contribution in [2.75, 3.05) is 6.54 Å². The smallest absolute Gasteiger partial charge is 0.252 e. The number of nitrogens with zero attached hydrogens (tertiary/aromatic N) is 2. The van der Waals surface area contributed by atoms with E-state index in [4.69, 9.17) is 0 Å². The molecule has 0 fully saturated rings. The zero-order valence-corrected chi connectivity index (χ0v) is 15.6. The van der Waals surface area contributed by atoms with Gasteiger partial charge >= 0.3 is 0 Å². The summed E-state index contributed by atoms with van der Waals surface area (Å²) in [7, 11) is 0. The number of benzene rings is 2. The van der Waals surface area contributed by atoms with Crippen molar-refractivity contribution in [3.05, 3.63) is 88.7 Å². The number of amides is 1. The highest BCUT2D eigenvalue weighted by Crippen LogP contribution is 2.15. The number of nitrogens with one attached hydrogen (secondary N) is 1. The Morgan fingerprint density at radius 2 is 1.67 bits per heavy atom. The van der Waals surface area contributed by atoms with Crippen molar-refractivity contribution in [2.45, 2.75) is 26.8 Å². The van der Waals surface area contributed by atoms with Crippen LogP contribution in [0.1, 0.15) is 44.0 Å². The minimum atomic E-state index is -0.234. The van der Waals surface area contributed by atoms with E-state index in [1.54, 1.807) is 36.4 Å². The third-order valence-electron chi connectivity index (χ3n) is 4.35. The van der Waals surface area contributed by atoms with Crippen molar-refractivity contribution in [1.82, 2.24) is 15.1 Å². The lowest BCUT2D eigenvalue weighted by atomic mass is 9.97. The lowest BCUT2D eigenvalue weighted by molar-refractivity contribution is 0.0941. The Kier molecular flexibility index (Phi) is 5.81. The quantitative estimate of drug-likeness (QED) is 0.517. The van der Waals surface area contributed by atoms with Crippen molar-refractivity contribution in [3.8, 4) is 0 Å². The Bertz CT molecular complexity index is 942. The zero-order chi connectivity index (χ0) is 19.2. The summed E-state index contributed by atoms with van der Waals surface area (Å²) in [6.07, 6.45) is 2.69. The summed E-state index contributed by atoms with van der Waals surface area (Å²) in [5.74, 6) is -0.379. The van der Waals surface area contributed by atoms with Crippen molar-refractivity contribution >= 4 is 11.7 Å². The molecule has 138 valence electrons. The van der Waals surface area contributed by atoms with E-state index in [0.29, 0.717) is 23.2 Å². The minimum absolute atomic E-state index is 0.146. The average Bonchev–Trinajstić information content (AvgIpc) is 3.10. The Labute approximate surface area is 159 Å². The van der Waals surface area contributed by atoms with Crippen LogP contribution in [0.3, 0.4) is 0 Å². The lowest BCUT2D eigenvalue weighted by Gasteiger charge is -2.10. The molecule has 0 spiro atoms. The van der Waals surface area contributed by atoms with Crippen molar-refractivity contribution in [1.29, 1.82) is 0 Å². The SMILES string of the molecule is Cc1ccc(C(=O)c2ccccc2C(=O)NCCCn2ccc(C)n2)cc1. The van der Waals surface area contributed by atoms with Crippen LogP contribution < -0.4 is 5.32 Å². The summed E-state index contributed by atoms with van der Waals surface area (Å²) in [6, 6.07) is 16.3. The molecule has 5 heteroatoms. The summed E-state index contributed by atoms with van der Waals surface area (Å²) in [5.41, 5.74) is 3.46. The number of hydrogen-bond acceptors (Lipinski definition) is 3. The number of carbonyl (C=O) groups excluding carboxylic acids is 2. The Morgan fingerprint density at radius 1 is 0.963 bits per heavy atom. The molecular weight excluding hydrogens is 338 g/mol. The van der Waals surface area contributed by atoms with Gasteiger partial charge in [0.1, 0.15) is 0 Å². The zero-order valence-electron chi connectivity index (χ0n) is 15.6. The fraction of sp³-hybridized carbons (Fsp3) is 0.227. The highest BCUT2D eigenvalue weighted by molar-refractivity contribution is 6.15. The van der Waals surface area contributed by atoms with Gasteiger partial charge in [0.2, 0.25) is 0 Å². The molecule has 5 nitrogen and oxygen atoms in total. The molecule has 1 N–H and O–H groups in total. The normalized spacial score (nSPS) is 10.6. The van der Waals surface area contributed by atoms with Gasteiger partial charge < -0.3 is 5.32 Å². The van der Waals surface area contributed by atoms with Gasteiger partial charge in [0.15, 0.2) is 5.78 Å². The molecule has 0 unspecified atom stereocenters. The second kappa shape index (κ2) is 8.45. The first-order valence-corrected chi connectivity index (χ1v) is 9.03. The van der Waals surface area contributed by atoms with Crippen molar-refractivity contribution in [2.24, 2.45) is 0 Å². The molecule has 0 aliphatic heterocycles. The second-order valence-corrected chi connectivity index (χ2v) is 6.57. The molecule has 1 aromatic heterocycles. The number of carbonyl (C=O) groups is 2. The summed E-state index contributed by atoms with van der Waals surface area (Å²) < 4.78 is 1.86. The van der Waals surface area contributed by atoms with Crippen LogP contribution in [-0.4, -0.2) is 28.0 Å². The predicted molar refractivity (Wildman–Crippen MR) is 105 cm³/mol. The molecule has 0 aliphatic carbocycles. The first-order chi connectivity index (χ1) is 13.0. The largest absolute Gasteiger partial charge is 0.352 e. The van der Waals surface area contributed by atoms with Crippen LogP contribution in [0.2, 0.25) is 0 Å². The molecule has 1 heterocycles. The third kappa shape index (κ3) is 4.70. The molecule has 3 rings (SSSR count). The van der Waals surface area contributed by atoms with E-state index < -0.39 is 0 Å². The fourth-order valence-electron chi connectivity index (χ4n) is 2.87. The second-order valence-electron chi connectivity index (χ2n) is 6.57. The fourth-order valence-corrected chi connectivity index (χ4v) is 2.87. The van der Waals surface area contributed by atoms with Crippen LogP contribution >= 0.6 is 0 Å². The maximum Gasteiger partial charge on any atom is 0.252 e. The highest BCUT2D eigenvalue weighted by Gasteiger charge is 2.17. The summed E-state index contributed by atoms with van der Waals surface area (Å²) >= 11 is 0. The first kappa shape index (κ1) is 18.6. The predicted octanol–water partition coefficient (Wildman–Crippen LogP) is 3.55. The molecule has 0 saturated carbocycles. The Hall–Kier alpha value is -3.21. The van der Waals surface area contributed by atoms with E-state index in [1.165, 1.54) is 0 Å². The number of aryl methyl sites for hydroxylation is 3. The van der Waals surface area contributed by atoms with E-state index in [0.717, 1.165) is 24.2 Å². The highest BCUT2D eigenvalue weighted by atomic mass is 16.2. The van der Waals surface area contributed by atoms with E-state index in [9.17, 15) is 9.59 Å². The summed E-state index contributed by atoms with van der Waals surface area (Å²) in [5, 5.41) is 7.22. The number of rotatable bonds is 7. The average molecular weight is 361 g/mol.